The lowest BCUT2D eigenvalue weighted by atomic mass is 9.97. The Morgan fingerprint density at radius 3 is 2.26 bits per heavy atom. The van der Waals surface area contributed by atoms with Gasteiger partial charge in [-0.15, -0.1) is 12.6 Å². The van der Waals surface area contributed by atoms with E-state index in [1.807, 2.05) is 24.3 Å². The summed E-state index contributed by atoms with van der Waals surface area (Å²) in [4.78, 5) is 3.33. The Morgan fingerprint density at radius 1 is 1.22 bits per heavy atom. The molecule has 1 aromatic rings. The molecule has 128 valence electrons. The summed E-state index contributed by atoms with van der Waals surface area (Å²) in [6.07, 6.45) is 5.17. The quantitative estimate of drug-likeness (QED) is 0.416. The van der Waals surface area contributed by atoms with Crippen LogP contribution in [0.2, 0.25) is 0 Å². The third-order valence-corrected chi connectivity index (χ3v) is 4.32. The van der Waals surface area contributed by atoms with Gasteiger partial charge in [-0.2, -0.15) is 0 Å². The first-order chi connectivity index (χ1) is 11.1. The van der Waals surface area contributed by atoms with Crippen molar-refractivity contribution < 1.29 is 0 Å². The number of hydrogen-bond donors (Lipinski definition) is 5. The van der Waals surface area contributed by atoms with Crippen molar-refractivity contribution >= 4 is 24.4 Å². The van der Waals surface area contributed by atoms with Crippen molar-refractivity contribution in [3.8, 4) is 0 Å². The topological polar surface area (TPSA) is 105 Å². The number of nitrogens with one attached hydrogen (secondary N) is 1. The zero-order chi connectivity index (χ0) is 17.1. The zero-order valence-electron chi connectivity index (χ0n) is 13.6. The smallest absolute Gasteiger partial charge is 0.0270 e. The van der Waals surface area contributed by atoms with Gasteiger partial charge in [-0.3, -0.25) is 0 Å². The fraction of sp³-hybridized carbons (Fsp3) is 0.471. The van der Waals surface area contributed by atoms with Crippen molar-refractivity contribution in [3.63, 3.8) is 0 Å². The van der Waals surface area contributed by atoms with Crippen molar-refractivity contribution in [2.24, 2.45) is 23.1 Å². The molecule has 1 aliphatic heterocycles. The van der Waals surface area contributed by atoms with Crippen molar-refractivity contribution in [1.29, 1.82) is 5.41 Å². The van der Waals surface area contributed by atoms with E-state index in [1.165, 1.54) is 38.3 Å². The Hall–Kier alpha value is -1.34. The van der Waals surface area contributed by atoms with Crippen LogP contribution >= 0.6 is 12.6 Å². The van der Waals surface area contributed by atoms with E-state index in [4.69, 9.17) is 22.6 Å². The van der Waals surface area contributed by atoms with Crippen molar-refractivity contribution in [1.82, 2.24) is 4.90 Å². The summed E-state index contributed by atoms with van der Waals surface area (Å²) in [5, 5.41) is 7.06. The lowest BCUT2D eigenvalue weighted by Gasteiger charge is -2.30. The standard InChI is InChI=1S/C9H10N2S.C8H19N3/c10-5-8(6-11)7-1-3-9(12)4-2-7;9-3-6-11-4-1-8(7-10)2-5-11/h1-6,10,12H,11H2;8H,1-7,9-10H2/b8-6+,10-5?;. The molecule has 0 atom stereocenters. The average Bonchev–Trinajstić information content (AvgIpc) is 2.59. The first-order valence-corrected chi connectivity index (χ1v) is 8.43. The van der Waals surface area contributed by atoms with E-state index in [0.717, 1.165) is 36.0 Å². The molecule has 6 heteroatoms. The van der Waals surface area contributed by atoms with E-state index >= 15 is 0 Å². The highest BCUT2D eigenvalue weighted by atomic mass is 32.1. The molecule has 1 heterocycles. The van der Waals surface area contributed by atoms with Crippen LogP contribution in [0, 0.1) is 11.3 Å². The minimum Gasteiger partial charge on any atom is -0.404 e. The number of nitrogens with two attached hydrogens (primary N) is 3. The highest BCUT2D eigenvalue weighted by Crippen LogP contribution is 2.15. The van der Waals surface area contributed by atoms with Crippen LogP contribution in [-0.2, 0) is 0 Å². The first kappa shape index (κ1) is 19.7. The molecule has 1 aromatic carbocycles. The summed E-state index contributed by atoms with van der Waals surface area (Å²) >= 11 is 4.15. The molecule has 0 saturated carbocycles. The van der Waals surface area contributed by atoms with E-state index in [9.17, 15) is 0 Å². The number of thiol groups is 1. The number of allylic oxidation sites excluding steroid dienone is 1. The molecule has 1 saturated heterocycles. The summed E-state index contributed by atoms with van der Waals surface area (Å²) in [5.74, 6) is 0.768. The van der Waals surface area contributed by atoms with Crippen LogP contribution in [0.3, 0.4) is 0 Å². The van der Waals surface area contributed by atoms with Crippen LogP contribution in [0.25, 0.3) is 5.57 Å². The van der Waals surface area contributed by atoms with Crippen LogP contribution in [0.4, 0.5) is 0 Å². The number of piperidine rings is 1. The molecule has 1 aliphatic rings. The second-order valence-corrected chi connectivity index (χ2v) is 6.14. The monoisotopic (exact) mass is 335 g/mol. The van der Waals surface area contributed by atoms with Crippen LogP contribution in [0.5, 0.6) is 0 Å². The minimum absolute atomic E-state index is 0.711. The predicted octanol–water partition coefficient (Wildman–Crippen LogP) is 1.54. The summed E-state index contributed by atoms with van der Waals surface area (Å²) < 4.78 is 0. The molecule has 0 unspecified atom stereocenters. The molecule has 0 amide bonds. The number of likely N-dealkylation sites (tertiary alicyclic amines) is 1. The van der Waals surface area contributed by atoms with Crippen LogP contribution in [-0.4, -0.2) is 43.8 Å². The van der Waals surface area contributed by atoms with E-state index in [2.05, 4.69) is 17.5 Å². The van der Waals surface area contributed by atoms with Gasteiger partial charge in [-0.1, -0.05) is 12.1 Å². The van der Waals surface area contributed by atoms with E-state index in [0.29, 0.717) is 5.57 Å². The Bertz CT molecular complexity index is 478. The van der Waals surface area contributed by atoms with Crippen molar-refractivity contribution in [3.05, 3.63) is 36.0 Å². The normalized spacial score (nSPS) is 16.6. The van der Waals surface area contributed by atoms with E-state index in [1.54, 1.807) is 0 Å². The molecule has 0 bridgehead atoms. The Morgan fingerprint density at radius 2 is 1.83 bits per heavy atom. The van der Waals surface area contributed by atoms with Gasteiger partial charge in [-0.25, -0.2) is 0 Å². The third-order valence-electron chi connectivity index (χ3n) is 4.02. The highest BCUT2D eigenvalue weighted by molar-refractivity contribution is 7.80. The lowest BCUT2D eigenvalue weighted by Crippen LogP contribution is -2.38. The average molecular weight is 336 g/mol. The molecule has 23 heavy (non-hydrogen) atoms. The maximum absolute atomic E-state index is 7.06. The van der Waals surface area contributed by atoms with Crippen LogP contribution in [0.1, 0.15) is 18.4 Å². The van der Waals surface area contributed by atoms with Gasteiger partial charge >= 0.3 is 0 Å². The van der Waals surface area contributed by atoms with Gasteiger partial charge in [0.25, 0.3) is 0 Å². The first-order valence-electron chi connectivity index (χ1n) is 7.98. The number of rotatable bonds is 5. The lowest BCUT2D eigenvalue weighted by molar-refractivity contribution is 0.192. The van der Waals surface area contributed by atoms with Crippen LogP contribution < -0.4 is 17.2 Å². The van der Waals surface area contributed by atoms with Gasteiger partial charge in [0.1, 0.15) is 0 Å². The molecular formula is C17H29N5S. The fourth-order valence-electron chi connectivity index (χ4n) is 2.51. The van der Waals surface area contributed by atoms with Crippen LogP contribution in [0.15, 0.2) is 35.4 Å². The number of hydrogen-bond acceptors (Lipinski definition) is 6. The molecule has 0 aliphatic carbocycles. The summed E-state index contributed by atoms with van der Waals surface area (Å²) in [6, 6.07) is 7.50. The molecule has 2 rings (SSSR count). The second-order valence-electron chi connectivity index (χ2n) is 5.62. The Balaban J connectivity index is 0.000000231. The molecule has 7 N–H and O–H groups in total. The van der Waals surface area contributed by atoms with Gasteiger partial charge in [0.05, 0.1) is 0 Å². The van der Waals surface area contributed by atoms with Crippen molar-refractivity contribution in [2.75, 3.05) is 32.7 Å². The molecule has 1 fully saturated rings. The van der Waals surface area contributed by atoms with Gasteiger partial charge in [0, 0.05) is 36.0 Å². The number of benzene rings is 1. The SMILES string of the molecule is N=C/C(=C\N)c1ccc(S)cc1.NCCN1CCC(CN)CC1. The molecule has 5 nitrogen and oxygen atoms in total. The van der Waals surface area contributed by atoms with Gasteiger partial charge < -0.3 is 27.5 Å². The molecule has 0 spiro atoms. The number of nitrogens with zero attached hydrogens (tertiary/aromatic N) is 1. The second kappa shape index (κ2) is 11.2. The highest BCUT2D eigenvalue weighted by Gasteiger charge is 2.16. The predicted molar refractivity (Wildman–Crippen MR) is 102 cm³/mol. The Labute approximate surface area is 144 Å². The molecular weight excluding hydrogens is 306 g/mol. The van der Waals surface area contributed by atoms with E-state index in [-0.39, 0.29) is 0 Å². The summed E-state index contributed by atoms with van der Waals surface area (Å²) in [6.45, 7) is 5.08. The maximum Gasteiger partial charge on any atom is 0.0270 e. The summed E-state index contributed by atoms with van der Waals surface area (Å²) in [7, 11) is 0. The van der Waals surface area contributed by atoms with E-state index < -0.39 is 0 Å². The maximum atomic E-state index is 7.06. The van der Waals surface area contributed by atoms with Gasteiger partial charge in [0.15, 0.2) is 0 Å². The van der Waals surface area contributed by atoms with Gasteiger partial charge in [-0.05, 0) is 56.1 Å². The minimum atomic E-state index is 0.711. The largest absolute Gasteiger partial charge is 0.404 e. The molecule has 0 aromatic heterocycles. The Kier molecular flexibility index (Phi) is 9.63. The van der Waals surface area contributed by atoms with Crippen molar-refractivity contribution in [2.45, 2.75) is 17.7 Å². The molecule has 0 radical (unpaired) electrons. The van der Waals surface area contributed by atoms with Gasteiger partial charge in [0.2, 0.25) is 0 Å². The third kappa shape index (κ3) is 7.18. The fourth-order valence-corrected chi connectivity index (χ4v) is 2.66. The summed E-state index contributed by atoms with van der Waals surface area (Å²) in [5.41, 5.74) is 18.0. The zero-order valence-corrected chi connectivity index (χ0v) is 14.5.